The summed E-state index contributed by atoms with van der Waals surface area (Å²) in [5.74, 6) is 0.168. The van der Waals surface area contributed by atoms with Crippen molar-refractivity contribution in [1.29, 1.82) is 0 Å². The van der Waals surface area contributed by atoms with Gasteiger partial charge in [-0.05, 0) is 24.1 Å². The van der Waals surface area contributed by atoms with Gasteiger partial charge in [0, 0.05) is 49.8 Å². The monoisotopic (exact) mass is 325 g/mol. The Kier molecular flexibility index (Phi) is 4.82. The van der Waals surface area contributed by atoms with Gasteiger partial charge in [0.05, 0.1) is 0 Å². The maximum absolute atomic E-state index is 11.4. The topological polar surface area (TPSA) is 49.6 Å². The fraction of sp³-hybridized carbons (Fsp3) is 0.500. The maximum Gasteiger partial charge on any atom is 0.219 e. The Bertz CT molecular complexity index is 464. The molecular weight excluding hydrogens is 306 g/mol. The van der Waals surface area contributed by atoms with Crippen LogP contribution in [0.5, 0.6) is 0 Å². The highest BCUT2D eigenvalue weighted by Crippen LogP contribution is 2.24. The van der Waals surface area contributed by atoms with E-state index in [1.54, 1.807) is 6.92 Å². The number of anilines is 1. The van der Waals surface area contributed by atoms with Crippen LogP contribution >= 0.6 is 15.9 Å². The van der Waals surface area contributed by atoms with Crippen molar-refractivity contribution in [2.45, 2.75) is 19.9 Å². The number of nitrogens with two attached hydrogens (primary N) is 1. The molecule has 1 aromatic rings. The molecule has 1 fully saturated rings. The van der Waals surface area contributed by atoms with Gasteiger partial charge in [0.2, 0.25) is 5.91 Å². The van der Waals surface area contributed by atoms with E-state index in [1.807, 2.05) is 4.90 Å². The lowest BCUT2D eigenvalue weighted by Gasteiger charge is -2.24. The average molecular weight is 326 g/mol. The SMILES string of the molecule is CC(=O)N1CCCN(c2ccc(CN)c(Br)c2)CC1. The van der Waals surface area contributed by atoms with Crippen molar-refractivity contribution < 1.29 is 4.79 Å². The summed E-state index contributed by atoms with van der Waals surface area (Å²) in [6, 6.07) is 6.29. The van der Waals surface area contributed by atoms with Gasteiger partial charge in [-0.3, -0.25) is 4.79 Å². The van der Waals surface area contributed by atoms with Crippen LogP contribution in [0.15, 0.2) is 22.7 Å². The highest BCUT2D eigenvalue weighted by Gasteiger charge is 2.17. The summed E-state index contributed by atoms with van der Waals surface area (Å²) in [7, 11) is 0. The van der Waals surface area contributed by atoms with E-state index in [-0.39, 0.29) is 5.91 Å². The average Bonchev–Trinajstić information content (AvgIpc) is 2.64. The summed E-state index contributed by atoms with van der Waals surface area (Å²) in [6.07, 6.45) is 1.01. The van der Waals surface area contributed by atoms with Crippen LogP contribution in [-0.2, 0) is 11.3 Å². The molecule has 1 heterocycles. The lowest BCUT2D eigenvalue weighted by Crippen LogP contribution is -2.33. The molecule has 1 aromatic carbocycles. The lowest BCUT2D eigenvalue weighted by molar-refractivity contribution is -0.128. The van der Waals surface area contributed by atoms with Gasteiger partial charge in [0.1, 0.15) is 0 Å². The van der Waals surface area contributed by atoms with Crippen LogP contribution in [0, 0.1) is 0 Å². The van der Waals surface area contributed by atoms with E-state index in [0.717, 1.165) is 42.6 Å². The van der Waals surface area contributed by atoms with Crippen molar-refractivity contribution >= 4 is 27.5 Å². The third-order valence-corrected chi connectivity index (χ3v) is 4.30. The predicted octanol–water partition coefficient (Wildman–Crippen LogP) is 1.97. The smallest absolute Gasteiger partial charge is 0.219 e. The van der Waals surface area contributed by atoms with Gasteiger partial charge in [-0.15, -0.1) is 0 Å². The van der Waals surface area contributed by atoms with Gasteiger partial charge in [0.15, 0.2) is 0 Å². The molecule has 2 N–H and O–H groups in total. The third kappa shape index (κ3) is 3.48. The first-order valence-electron chi connectivity index (χ1n) is 6.61. The zero-order chi connectivity index (χ0) is 13.8. The predicted molar refractivity (Wildman–Crippen MR) is 81.1 cm³/mol. The van der Waals surface area contributed by atoms with E-state index in [9.17, 15) is 4.79 Å². The number of halogens is 1. The van der Waals surface area contributed by atoms with Crippen LogP contribution in [0.4, 0.5) is 5.69 Å². The van der Waals surface area contributed by atoms with Crippen LogP contribution in [0.25, 0.3) is 0 Å². The molecule has 5 heteroatoms. The third-order valence-electron chi connectivity index (χ3n) is 3.56. The summed E-state index contributed by atoms with van der Waals surface area (Å²) >= 11 is 3.56. The minimum Gasteiger partial charge on any atom is -0.370 e. The second-order valence-corrected chi connectivity index (χ2v) is 5.68. The highest BCUT2D eigenvalue weighted by molar-refractivity contribution is 9.10. The fourth-order valence-corrected chi connectivity index (χ4v) is 2.92. The van der Waals surface area contributed by atoms with Crippen molar-refractivity contribution in [1.82, 2.24) is 4.90 Å². The summed E-state index contributed by atoms with van der Waals surface area (Å²) in [6.45, 7) is 5.70. The number of benzene rings is 1. The van der Waals surface area contributed by atoms with E-state index in [1.165, 1.54) is 5.69 Å². The molecule has 4 nitrogen and oxygen atoms in total. The standard InChI is InChI=1S/C14H20BrN3O/c1-11(19)17-5-2-6-18(8-7-17)13-4-3-12(10-16)14(15)9-13/h3-4,9H,2,5-8,10,16H2,1H3. The van der Waals surface area contributed by atoms with Crippen molar-refractivity contribution in [2.24, 2.45) is 5.73 Å². The Morgan fingerprint density at radius 3 is 2.74 bits per heavy atom. The maximum atomic E-state index is 11.4. The first kappa shape index (κ1) is 14.3. The van der Waals surface area contributed by atoms with Crippen molar-refractivity contribution in [3.63, 3.8) is 0 Å². The quantitative estimate of drug-likeness (QED) is 0.904. The Morgan fingerprint density at radius 1 is 1.32 bits per heavy atom. The minimum atomic E-state index is 0.168. The first-order chi connectivity index (χ1) is 9.11. The molecule has 0 aliphatic carbocycles. The summed E-state index contributed by atoms with van der Waals surface area (Å²) in [5, 5.41) is 0. The Balaban J connectivity index is 2.10. The Hall–Kier alpha value is -1.07. The summed E-state index contributed by atoms with van der Waals surface area (Å²) in [4.78, 5) is 15.7. The van der Waals surface area contributed by atoms with E-state index in [4.69, 9.17) is 5.73 Å². The first-order valence-corrected chi connectivity index (χ1v) is 7.40. The van der Waals surface area contributed by atoms with Crippen LogP contribution < -0.4 is 10.6 Å². The number of rotatable bonds is 2. The van der Waals surface area contributed by atoms with Crippen LogP contribution in [0.1, 0.15) is 18.9 Å². The van der Waals surface area contributed by atoms with E-state index < -0.39 is 0 Å². The summed E-state index contributed by atoms with van der Waals surface area (Å²) < 4.78 is 1.06. The summed E-state index contributed by atoms with van der Waals surface area (Å²) in [5.41, 5.74) is 7.97. The zero-order valence-corrected chi connectivity index (χ0v) is 12.8. The number of hydrogen-bond acceptors (Lipinski definition) is 3. The second kappa shape index (κ2) is 6.39. The number of nitrogens with zero attached hydrogens (tertiary/aromatic N) is 2. The molecule has 2 rings (SSSR count). The van der Waals surface area contributed by atoms with Crippen molar-refractivity contribution in [3.05, 3.63) is 28.2 Å². The van der Waals surface area contributed by atoms with E-state index >= 15 is 0 Å². The van der Waals surface area contributed by atoms with Gasteiger partial charge in [-0.1, -0.05) is 22.0 Å². The van der Waals surface area contributed by atoms with Gasteiger partial charge >= 0.3 is 0 Å². The Morgan fingerprint density at radius 2 is 2.11 bits per heavy atom. The van der Waals surface area contributed by atoms with Crippen LogP contribution in [0.2, 0.25) is 0 Å². The van der Waals surface area contributed by atoms with Crippen LogP contribution in [0.3, 0.4) is 0 Å². The molecule has 0 aromatic heterocycles. The van der Waals surface area contributed by atoms with Gasteiger partial charge in [-0.2, -0.15) is 0 Å². The fourth-order valence-electron chi connectivity index (χ4n) is 2.39. The normalized spacial score (nSPS) is 16.4. The highest BCUT2D eigenvalue weighted by atomic mass is 79.9. The molecule has 0 spiro atoms. The molecular formula is C14H20BrN3O. The largest absolute Gasteiger partial charge is 0.370 e. The molecule has 1 aliphatic rings. The molecule has 0 radical (unpaired) electrons. The molecule has 0 unspecified atom stereocenters. The number of hydrogen-bond donors (Lipinski definition) is 1. The van der Waals surface area contributed by atoms with E-state index in [2.05, 4.69) is 39.0 Å². The molecule has 0 saturated carbocycles. The zero-order valence-electron chi connectivity index (χ0n) is 11.2. The minimum absolute atomic E-state index is 0.168. The molecule has 0 bridgehead atoms. The second-order valence-electron chi connectivity index (χ2n) is 4.83. The molecule has 104 valence electrons. The van der Waals surface area contributed by atoms with Crippen LogP contribution in [-0.4, -0.2) is 37.0 Å². The van der Waals surface area contributed by atoms with Crippen molar-refractivity contribution in [3.8, 4) is 0 Å². The molecule has 19 heavy (non-hydrogen) atoms. The Labute approximate surface area is 122 Å². The number of carbonyl (C=O) groups is 1. The molecule has 1 aliphatic heterocycles. The lowest BCUT2D eigenvalue weighted by atomic mass is 10.2. The number of amides is 1. The number of carbonyl (C=O) groups excluding carboxylic acids is 1. The van der Waals surface area contributed by atoms with Gasteiger partial charge in [-0.25, -0.2) is 0 Å². The van der Waals surface area contributed by atoms with Gasteiger partial charge < -0.3 is 15.5 Å². The molecule has 1 amide bonds. The van der Waals surface area contributed by atoms with E-state index in [0.29, 0.717) is 6.54 Å². The van der Waals surface area contributed by atoms with Gasteiger partial charge in [0.25, 0.3) is 0 Å². The van der Waals surface area contributed by atoms with Crippen molar-refractivity contribution in [2.75, 3.05) is 31.1 Å². The molecule has 1 saturated heterocycles. The molecule has 0 atom stereocenters.